The summed E-state index contributed by atoms with van der Waals surface area (Å²) in [6.07, 6.45) is 3.65. The van der Waals surface area contributed by atoms with Crippen LogP contribution in [0.1, 0.15) is 35.5 Å². The van der Waals surface area contributed by atoms with Gasteiger partial charge in [0.2, 0.25) is 0 Å². The number of hydrogen-bond acceptors (Lipinski definition) is 5. The summed E-state index contributed by atoms with van der Waals surface area (Å²) in [6, 6.07) is 9.78. The first-order valence-electron chi connectivity index (χ1n) is 10.3. The largest absolute Gasteiger partial charge is 0.459 e. The van der Waals surface area contributed by atoms with Crippen molar-refractivity contribution in [1.82, 2.24) is 14.3 Å². The highest BCUT2D eigenvalue weighted by Gasteiger charge is 2.23. The molecule has 0 N–H and O–H groups in total. The van der Waals surface area contributed by atoms with E-state index in [0.717, 1.165) is 46.8 Å². The number of carbonyl (C=O) groups excluding carboxylic acids is 1. The SMILES string of the molecule is C=C(c1c(C)c(C(=O)OC(C)C)cc2cc(-c3ccccn3)cn12)N1CCOCC1. The van der Waals surface area contributed by atoms with Crippen molar-refractivity contribution < 1.29 is 14.3 Å². The number of nitrogens with zero attached hydrogens (tertiary/aromatic N) is 3. The maximum atomic E-state index is 12.8. The van der Waals surface area contributed by atoms with Gasteiger partial charge in [-0.1, -0.05) is 12.6 Å². The maximum Gasteiger partial charge on any atom is 0.338 e. The number of ether oxygens (including phenoxy) is 2. The number of carbonyl (C=O) groups is 1. The summed E-state index contributed by atoms with van der Waals surface area (Å²) in [5.74, 6) is -0.318. The highest BCUT2D eigenvalue weighted by Crippen LogP contribution is 2.31. The molecule has 1 aliphatic rings. The van der Waals surface area contributed by atoms with Gasteiger partial charge in [-0.15, -0.1) is 0 Å². The van der Waals surface area contributed by atoms with Crippen molar-refractivity contribution in [1.29, 1.82) is 0 Å². The second-order valence-corrected chi connectivity index (χ2v) is 7.77. The van der Waals surface area contributed by atoms with Gasteiger partial charge in [-0.2, -0.15) is 0 Å². The molecule has 3 aromatic heterocycles. The Morgan fingerprint density at radius 2 is 2.00 bits per heavy atom. The van der Waals surface area contributed by atoms with E-state index in [1.807, 2.05) is 51.1 Å². The van der Waals surface area contributed by atoms with Gasteiger partial charge in [-0.05, 0) is 50.6 Å². The van der Waals surface area contributed by atoms with E-state index < -0.39 is 0 Å². The van der Waals surface area contributed by atoms with Crippen molar-refractivity contribution in [3.8, 4) is 11.3 Å². The van der Waals surface area contributed by atoms with Crippen LogP contribution in [0.2, 0.25) is 0 Å². The third kappa shape index (κ3) is 3.83. The van der Waals surface area contributed by atoms with Crippen molar-refractivity contribution in [3.05, 3.63) is 66.1 Å². The van der Waals surface area contributed by atoms with Gasteiger partial charge in [-0.25, -0.2) is 4.79 Å². The molecule has 0 saturated carbocycles. The van der Waals surface area contributed by atoms with Crippen LogP contribution in [0.4, 0.5) is 0 Å². The van der Waals surface area contributed by atoms with Gasteiger partial charge >= 0.3 is 5.97 Å². The van der Waals surface area contributed by atoms with Crippen LogP contribution in [0, 0.1) is 6.92 Å². The lowest BCUT2D eigenvalue weighted by atomic mass is 10.0. The molecule has 0 unspecified atom stereocenters. The third-order valence-corrected chi connectivity index (χ3v) is 5.33. The average molecular weight is 405 g/mol. The lowest BCUT2D eigenvalue weighted by Gasteiger charge is -2.31. The molecule has 0 radical (unpaired) electrons. The minimum Gasteiger partial charge on any atom is -0.459 e. The van der Waals surface area contributed by atoms with Gasteiger partial charge < -0.3 is 18.8 Å². The molecule has 6 nitrogen and oxygen atoms in total. The molecule has 4 rings (SSSR count). The van der Waals surface area contributed by atoms with Gasteiger partial charge in [0.05, 0.1) is 42.0 Å². The first kappa shape index (κ1) is 20.2. The Balaban J connectivity index is 1.88. The number of morpholine rings is 1. The fourth-order valence-corrected chi connectivity index (χ4v) is 3.85. The Labute approximate surface area is 176 Å². The molecule has 0 spiro atoms. The number of esters is 1. The number of fused-ring (bicyclic) bond motifs is 1. The number of pyridine rings is 2. The molecule has 3 aromatic rings. The standard InChI is InChI=1S/C24H27N3O3/c1-16(2)30-24(28)21-14-20-13-19(22-7-5-6-8-25-22)15-27(20)23(17(21)3)18(4)26-9-11-29-12-10-26/h5-8,13-16H,4,9-12H2,1-3H3. The molecule has 0 amide bonds. The fraction of sp³-hybridized carbons (Fsp3) is 0.333. The van der Waals surface area contributed by atoms with Crippen LogP contribution < -0.4 is 0 Å². The molecule has 1 fully saturated rings. The summed E-state index contributed by atoms with van der Waals surface area (Å²) in [5, 5.41) is 0. The highest BCUT2D eigenvalue weighted by atomic mass is 16.5. The lowest BCUT2D eigenvalue weighted by molar-refractivity contribution is 0.0377. The van der Waals surface area contributed by atoms with Crippen molar-refractivity contribution in [2.75, 3.05) is 26.3 Å². The topological polar surface area (TPSA) is 56.1 Å². The van der Waals surface area contributed by atoms with E-state index in [-0.39, 0.29) is 12.1 Å². The maximum absolute atomic E-state index is 12.8. The minimum absolute atomic E-state index is 0.185. The zero-order valence-electron chi connectivity index (χ0n) is 17.7. The molecule has 1 aliphatic heterocycles. The number of rotatable bonds is 5. The second-order valence-electron chi connectivity index (χ2n) is 7.77. The Kier molecular flexibility index (Phi) is 5.59. The summed E-state index contributed by atoms with van der Waals surface area (Å²) in [4.78, 5) is 19.5. The predicted octanol–water partition coefficient (Wildman–Crippen LogP) is 4.18. The molecule has 0 aliphatic carbocycles. The van der Waals surface area contributed by atoms with E-state index in [1.165, 1.54) is 0 Å². The van der Waals surface area contributed by atoms with E-state index in [9.17, 15) is 4.79 Å². The van der Waals surface area contributed by atoms with E-state index in [2.05, 4.69) is 27.1 Å². The Morgan fingerprint density at radius 1 is 1.23 bits per heavy atom. The summed E-state index contributed by atoms with van der Waals surface area (Å²) >= 11 is 0. The van der Waals surface area contributed by atoms with Crippen LogP contribution in [-0.4, -0.2) is 52.7 Å². The Morgan fingerprint density at radius 3 is 2.67 bits per heavy atom. The number of aromatic nitrogens is 2. The van der Waals surface area contributed by atoms with Crippen molar-refractivity contribution >= 4 is 17.2 Å². The molecular weight excluding hydrogens is 378 g/mol. The van der Waals surface area contributed by atoms with Crippen LogP contribution in [0.25, 0.3) is 22.5 Å². The Hall–Kier alpha value is -3.12. The zero-order chi connectivity index (χ0) is 21.3. The normalized spacial score (nSPS) is 14.3. The van der Waals surface area contributed by atoms with Crippen LogP contribution >= 0.6 is 0 Å². The molecule has 1 saturated heterocycles. The Bertz CT molecular complexity index is 1080. The third-order valence-electron chi connectivity index (χ3n) is 5.33. The van der Waals surface area contributed by atoms with Crippen LogP contribution in [0.15, 0.2) is 49.3 Å². The fourth-order valence-electron chi connectivity index (χ4n) is 3.85. The average Bonchev–Trinajstić information content (AvgIpc) is 3.17. The van der Waals surface area contributed by atoms with E-state index in [4.69, 9.17) is 9.47 Å². The summed E-state index contributed by atoms with van der Waals surface area (Å²) in [6.45, 7) is 12.9. The smallest absolute Gasteiger partial charge is 0.338 e. The van der Waals surface area contributed by atoms with Gasteiger partial charge in [0, 0.05) is 36.6 Å². The first-order chi connectivity index (χ1) is 14.5. The summed E-state index contributed by atoms with van der Waals surface area (Å²) in [5.41, 5.74) is 5.98. The molecule has 156 valence electrons. The molecule has 0 atom stereocenters. The minimum atomic E-state index is -0.318. The second kappa shape index (κ2) is 8.32. The van der Waals surface area contributed by atoms with E-state index >= 15 is 0 Å². The molecule has 4 heterocycles. The molecule has 6 heteroatoms. The van der Waals surface area contributed by atoms with Crippen LogP contribution in [0.3, 0.4) is 0 Å². The number of hydrogen-bond donors (Lipinski definition) is 0. The quantitative estimate of drug-likeness (QED) is 0.596. The van der Waals surface area contributed by atoms with Crippen LogP contribution in [0.5, 0.6) is 0 Å². The molecule has 30 heavy (non-hydrogen) atoms. The predicted molar refractivity (Wildman–Crippen MR) is 117 cm³/mol. The molecule has 0 bridgehead atoms. The van der Waals surface area contributed by atoms with Gasteiger partial charge in [0.1, 0.15) is 0 Å². The van der Waals surface area contributed by atoms with Gasteiger partial charge in [0.25, 0.3) is 0 Å². The monoisotopic (exact) mass is 405 g/mol. The molecule has 0 aromatic carbocycles. The van der Waals surface area contributed by atoms with E-state index in [0.29, 0.717) is 18.8 Å². The van der Waals surface area contributed by atoms with E-state index in [1.54, 1.807) is 6.20 Å². The van der Waals surface area contributed by atoms with Crippen LogP contribution in [-0.2, 0) is 9.47 Å². The summed E-state index contributed by atoms with van der Waals surface area (Å²) in [7, 11) is 0. The highest BCUT2D eigenvalue weighted by molar-refractivity contribution is 5.94. The van der Waals surface area contributed by atoms with Crippen molar-refractivity contribution in [2.24, 2.45) is 0 Å². The zero-order valence-corrected chi connectivity index (χ0v) is 17.7. The van der Waals surface area contributed by atoms with Crippen molar-refractivity contribution in [3.63, 3.8) is 0 Å². The lowest BCUT2D eigenvalue weighted by Crippen LogP contribution is -2.35. The van der Waals surface area contributed by atoms with Gasteiger partial charge in [0.15, 0.2) is 0 Å². The van der Waals surface area contributed by atoms with Crippen molar-refractivity contribution in [2.45, 2.75) is 26.9 Å². The molecular formula is C24H27N3O3. The van der Waals surface area contributed by atoms with Gasteiger partial charge in [-0.3, -0.25) is 4.98 Å². The summed E-state index contributed by atoms with van der Waals surface area (Å²) < 4.78 is 13.1. The first-order valence-corrected chi connectivity index (χ1v) is 10.3.